The molecule has 0 amide bonds. The van der Waals surface area contributed by atoms with Gasteiger partial charge in [0.15, 0.2) is 5.75 Å². The maximum absolute atomic E-state index is 13.6. The quantitative estimate of drug-likeness (QED) is 0.343. The predicted octanol–water partition coefficient (Wildman–Crippen LogP) is 4.29. The molecule has 10 nitrogen and oxygen atoms in total. The van der Waals surface area contributed by atoms with Crippen molar-refractivity contribution in [2.45, 2.75) is 23.7 Å². The first kappa shape index (κ1) is 26.9. The molecule has 4 aromatic rings. The number of H-pyrrole nitrogens is 1. The van der Waals surface area contributed by atoms with Gasteiger partial charge in [0.2, 0.25) is 10.0 Å². The zero-order valence-electron chi connectivity index (χ0n) is 20.3. The van der Waals surface area contributed by atoms with Crippen LogP contribution in [0, 0.1) is 0 Å². The summed E-state index contributed by atoms with van der Waals surface area (Å²) in [6, 6.07) is 16.2. The van der Waals surface area contributed by atoms with E-state index in [9.17, 15) is 23.1 Å². The lowest BCUT2D eigenvalue weighted by molar-refractivity contribution is 0.314. The Labute approximate surface area is 233 Å². The highest BCUT2D eigenvalue weighted by atomic mass is 35.5. The number of sulfonamides is 1. The molecule has 1 aliphatic rings. The van der Waals surface area contributed by atoms with Crippen LogP contribution >= 0.6 is 23.2 Å². The van der Waals surface area contributed by atoms with Crippen LogP contribution in [0.4, 0.5) is 0 Å². The molecule has 3 aromatic carbocycles. The fraction of sp³-hybridized carbons (Fsp3) is 0.192. The van der Waals surface area contributed by atoms with Crippen LogP contribution in [0.3, 0.4) is 0 Å². The number of phenols is 1. The van der Waals surface area contributed by atoms with Gasteiger partial charge in [-0.1, -0.05) is 53.5 Å². The van der Waals surface area contributed by atoms with Gasteiger partial charge < -0.3 is 9.84 Å². The standard InChI is InChI=1S/C26H22Cl2N4O6S/c27-20-11-18(32-26(35)30-24(34)14-29-32)12-21(28)25(20)38-19-8-9-22(33)23(13-19)39(36,37)31-10-4-7-17(15-31)16-5-2-1-3-6-16/h1-3,5-6,8-9,11-14,17,33H,4,7,10,15H2,(H,30,34,35). The molecular weight excluding hydrogens is 567 g/mol. The van der Waals surface area contributed by atoms with Crippen LogP contribution in [0.2, 0.25) is 10.0 Å². The maximum atomic E-state index is 13.6. The summed E-state index contributed by atoms with van der Waals surface area (Å²) in [6.45, 7) is 0.613. The number of hydrogen-bond donors (Lipinski definition) is 2. The fourth-order valence-electron chi connectivity index (χ4n) is 4.48. The third-order valence-electron chi connectivity index (χ3n) is 6.36. The molecule has 1 unspecified atom stereocenters. The molecule has 0 spiro atoms. The third kappa shape index (κ3) is 5.57. The number of piperidine rings is 1. The van der Waals surface area contributed by atoms with Gasteiger partial charge in [-0.15, -0.1) is 0 Å². The fourth-order valence-corrected chi connectivity index (χ4v) is 6.66. The highest BCUT2D eigenvalue weighted by molar-refractivity contribution is 7.89. The van der Waals surface area contributed by atoms with Crippen LogP contribution < -0.4 is 16.0 Å². The van der Waals surface area contributed by atoms with E-state index < -0.39 is 27.0 Å². The Bertz CT molecular complexity index is 1740. The second kappa shape index (κ2) is 10.9. The average molecular weight is 589 g/mol. The van der Waals surface area contributed by atoms with Crippen molar-refractivity contribution in [3.8, 4) is 22.9 Å². The summed E-state index contributed by atoms with van der Waals surface area (Å²) in [5.74, 6) is -0.313. The molecule has 1 fully saturated rings. The Hall–Kier alpha value is -3.64. The number of benzene rings is 3. The number of ether oxygens (including phenoxy) is 1. The molecule has 1 atom stereocenters. The minimum atomic E-state index is -4.06. The molecule has 0 aliphatic carbocycles. The van der Waals surface area contributed by atoms with Gasteiger partial charge in [-0.05, 0) is 48.6 Å². The van der Waals surface area contributed by atoms with E-state index in [0.717, 1.165) is 22.9 Å². The van der Waals surface area contributed by atoms with E-state index in [1.807, 2.05) is 30.3 Å². The van der Waals surface area contributed by atoms with Crippen LogP contribution in [0.25, 0.3) is 5.69 Å². The first-order chi connectivity index (χ1) is 18.6. The minimum Gasteiger partial charge on any atom is -0.507 e. The monoisotopic (exact) mass is 588 g/mol. The predicted molar refractivity (Wildman–Crippen MR) is 146 cm³/mol. The zero-order chi connectivity index (χ0) is 27.7. The normalized spacial score (nSPS) is 16.2. The topological polar surface area (TPSA) is 135 Å². The molecular formula is C26H22Cl2N4O6S. The lowest BCUT2D eigenvalue weighted by Crippen LogP contribution is -2.39. The van der Waals surface area contributed by atoms with Crippen molar-refractivity contribution in [2.75, 3.05) is 13.1 Å². The number of hydrogen-bond acceptors (Lipinski definition) is 7. The maximum Gasteiger partial charge on any atom is 0.349 e. The molecule has 39 heavy (non-hydrogen) atoms. The van der Waals surface area contributed by atoms with Gasteiger partial charge in [0.05, 0.1) is 15.7 Å². The Morgan fingerprint density at radius 1 is 1.03 bits per heavy atom. The summed E-state index contributed by atoms with van der Waals surface area (Å²) in [7, 11) is -4.06. The van der Waals surface area contributed by atoms with E-state index in [2.05, 4.69) is 10.1 Å². The van der Waals surface area contributed by atoms with Crippen LogP contribution in [-0.4, -0.2) is 45.7 Å². The summed E-state index contributed by atoms with van der Waals surface area (Å²) < 4.78 is 35.2. The largest absolute Gasteiger partial charge is 0.507 e. The smallest absolute Gasteiger partial charge is 0.349 e. The molecule has 1 aliphatic heterocycles. The Morgan fingerprint density at radius 2 is 1.74 bits per heavy atom. The Morgan fingerprint density at radius 3 is 2.44 bits per heavy atom. The number of nitrogens with one attached hydrogen (secondary N) is 1. The first-order valence-corrected chi connectivity index (χ1v) is 14.1. The summed E-state index contributed by atoms with van der Waals surface area (Å²) >= 11 is 12.7. The van der Waals surface area contributed by atoms with Gasteiger partial charge in [-0.25, -0.2) is 13.2 Å². The van der Waals surface area contributed by atoms with Gasteiger partial charge in [0.25, 0.3) is 5.56 Å². The average Bonchev–Trinajstić information content (AvgIpc) is 2.92. The van der Waals surface area contributed by atoms with Crippen molar-refractivity contribution in [1.82, 2.24) is 19.1 Å². The van der Waals surface area contributed by atoms with Crippen LogP contribution in [-0.2, 0) is 10.0 Å². The summed E-state index contributed by atoms with van der Waals surface area (Å²) in [4.78, 5) is 25.2. The van der Waals surface area contributed by atoms with E-state index in [4.69, 9.17) is 27.9 Å². The molecule has 1 aromatic heterocycles. The van der Waals surface area contributed by atoms with Crippen molar-refractivity contribution in [3.63, 3.8) is 0 Å². The van der Waals surface area contributed by atoms with Crippen LogP contribution in [0.15, 0.2) is 81.3 Å². The Kier molecular flexibility index (Phi) is 7.50. The van der Waals surface area contributed by atoms with Crippen molar-refractivity contribution in [3.05, 3.63) is 103 Å². The molecule has 0 bridgehead atoms. The molecule has 0 saturated carbocycles. The first-order valence-electron chi connectivity index (χ1n) is 11.9. The van der Waals surface area contributed by atoms with Crippen molar-refractivity contribution >= 4 is 33.2 Å². The van der Waals surface area contributed by atoms with E-state index in [1.54, 1.807) is 0 Å². The number of rotatable bonds is 6. The second-order valence-electron chi connectivity index (χ2n) is 8.93. The zero-order valence-corrected chi connectivity index (χ0v) is 22.6. The van der Waals surface area contributed by atoms with E-state index in [0.29, 0.717) is 13.0 Å². The van der Waals surface area contributed by atoms with Crippen molar-refractivity contribution < 1.29 is 18.3 Å². The molecule has 1 saturated heterocycles. The van der Waals surface area contributed by atoms with Gasteiger partial charge >= 0.3 is 5.69 Å². The van der Waals surface area contributed by atoms with E-state index in [-0.39, 0.29) is 44.6 Å². The molecule has 13 heteroatoms. The number of halogens is 2. The lowest BCUT2D eigenvalue weighted by Gasteiger charge is -2.32. The molecule has 2 heterocycles. The highest BCUT2D eigenvalue weighted by Gasteiger charge is 2.33. The number of aromatic hydroxyl groups is 1. The van der Waals surface area contributed by atoms with Crippen molar-refractivity contribution in [2.24, 2.45) is 0 Å². The van der Waals surface area contributed by atoms with Crippen molar-refractivity contribution in [1.29, 1.82) is 0 Å². The third-order valence-corrected chi connectivity index (χ3v) is 8.82. The summed E-state index contributed by atoms with van der Waals surface area (Å²) in [6.07, 6.45) is 2.47. The van der Waals surface area contributed by atoms with Gasteiger partial charge in [-0.2, -0.15) is 14.1 Å². The van der Waals surface area contributed by atoms with Gasteiger partial charge in [-0.3, -0.25) is 9.78 Å². The summed E-state index contributed by atoms with van der Waals surface area (Å²) in [5.41, 5.74) is -0.216. The minimum absolute atomic E-state index is 0.00313. The number of nitrogens with zero attached hydrogens (tertiary/aromatic N) is 3. The van der Waals surface area contributed by atoms with E-state index in [1.165, 1.54) is 34.6 Å². The SMILES string of the molecule is O=c1cnn(-c2cc(Cl)c(Oc3ccc(O)c(S(=O)(=O)N4CCCC(c5ccccc5)C4)c3)c(Cl)c2)c(=O)[nH]1. The Balaban J connectivity index is 1.43. The van der Waals surface area contributed by atoms with Crippen LogP contribution in [0.5, 0.6) is 17.2 Å². The highest BCUT2D eigenvalue weighted by Crippen LogP contribution is 2.40. The van der Waals surface area contributed by atoms with Gasteiger partial charge in [0.1, 0.15) is 22.6 Å². The van der Waals surface area contributed by atoms with Crippen LogP contribution in [0.1, 0.15) is 24.3 Å². The second-order valence-corrected chi connectivity index (χ2v) is 11.7. The number of aromatic nitrogens is 3. The number of aromatic amines is 1. The molecule has 202 valence electrons. The summed E-state index contributed by atoms with van der Waals surface area (Å²) in [5, 5.41) is 14.2. The van der Waals surface area contributed by atoms with Gasteiger partial charge in [0, 0.05) is 19.2 Å². The lowest BCUT2D eigenvalue weighted by atomic mass is 9.92. The molecule has 5 rings (SSSR count). The number of phenolic OH excluding ortho intramolecular Hbond substituents is 1. The molecule has 0 radical (unpaired) electrons. The molecule has 2 N–H and O–H groups in total. The van der Waals surface area contributed by atoms with E-state index >= 15 is 0 Å².